The van der Waals surface area contributed by atoms with Gasteiger partial charge < -0.3 is 24.8 Å². The van der Waals surface area contributed by atoms with E-state index in [1.807, 2.05) is 18.2 Å². The monoisotopic (exact) mass is 466 g/mol. The molecule has 2 saturated heterocycles. The number of carbonyl (C=O) groups excluding carboxylic acids is 1. The normalized spacial score (nSPS) is 22.6. The number of piperazine rings is 1. The first-order valence-electron chi connectivity index (χ1n) is 12.6. The first-order valence-corrected chi connectivity index (χ1v) is 12.6. The summed E-state index contributed by atoms with van der Waals surface area (Å²) in [6, 6.07) is 12.9. The number of nitrogens with zero attached hydrogens (tertiary/aromatic N) is 3. The third kappa shape index (κ3) is 4.85. The summed E-state index contributed by atoms with van der Waals surface area (Å²) in [5.41, 5.74) is 3.37. The number of carbonyl (C=O) groups is 1. The molecule has 3 heterocycles. The Morgan fingerprint density at radius 3 is 2.62 bits per heavy atom. The fourth-order valence-corrected chi connectivity index (χ4v) is 5.74. The van der Waals surface area contributed by atoms with Crippen LogP contribution in [0, 0.1) is 11.7 Å². The summed E-state index contributed by atoms with van der Waals surface area (Å²) in [6.07, 6.45) is 4.55. The van der Waals surface area contributed by atoms with Crippen LogP contribution >= 0.6 is 0 Å². The molecule has 0 unspecified atom stereocenters. The molecular formula is C27H35FN4O2. The molecule has 0 aromatic heterocycles. The molecule has 7 heteroatoms. The van der Waals surface area contributed by atoms with Gasteiger partial charge in [0.15, 0.2) is 0 Å². The molecule has 182 valence electrons. The summed E-state index contributed by atoms with van der Waals surface area (Å²) < 4.78 is 19.0. The molecule has 3 aliphatic rings. The highest BCUT2D eigenvalue weighted by Crippen LogP contribution is 2.39. The number of nitrogens with one attached hydrogen (secondary N) is 1. The van der Waals surface area contributed by atoms with Gasteiger partial charge in [0.25, 0.3) is 0 Å². The van der Waals surface area contributed by atoms with Gasteiger partial charge in [-0.15, -0.1) is 0 Å². The molecule has 2 aromatic carbocycles. The lowest BCUT2D eigenvalue weighted by atomic mass is 9.83. The smallest absolute Gasteiger partial charge is 0.225 e. The predicted molar refractivity (Wildman–Crippen MR) is 133 cm³/mol. The SMILES string of the molecule is COc1ccc2c(c1)N1CCN(c3ccc(F)cc3)C[C@@H]1[C@@H](C(=O)NCCN1CCCCC1)C2. The van der Waals surface area contributed by atoms with Gasteiger partial charge in [0.2, 0.25) is 5.91 Å². The first-order chi connectivity index (χ1) is 16.6. The van der Waals surface area contributed by atoms with Crippen molar-refractivity contribution in [3.05, 3.63) is 53.8 Å². The van der Waals surface area contributed by atoms with E-state index in [9.17, 15) is 9.18 Å². The number of halogens is 1. The number of likely N-dealkylation sites (tertiary alicyclic amines) is 1. The minimum Gasteiger partial charge on any atom is -0.497 e. The Bertz CT molecular complexity index is 993. The number of methoxy groups -OCH3 is 1. The lowest BCUT2D eigenvalue weighted by molar-refractivity contribution is -0.125. The van der Waals surface area contributed by atoms with Crippen LogP contribution in [-0.2, 0) is 11.2 Å². The molecule has 2 atom stereocenters. The van der Waals surface area contributed by atoms with E-state index < -0.39 is 0 Å². The molecule has 2 aromatic rings. The van der Waals surface area contributed by atoms with Crippen LogP contribution in [0.2, 0.25) is 0 Å². The third-order valence-corrected chi connectivity index (χ3v) is 7.63. The van der Waals surface area contributed by atoms with E-state index in [-0.39, 0.29) is 23.7 Å². The topological polar surface area (TPSA) is 48.1 Å². The van der Waals surface area contributed by atoms with Crippen LogP contribution in [0.3, 0.4) is 0 Å². The van der Waals surface area contributed by atoms with E-state index in [2.05, 4.69) is 32.1 Å². The van der Waals surface area contributed by atoms with Crippen molar-refractivity contribution in [2.24, 2.45) is 5.92 Å². The van der Waals surface area contributed by atoms with E-state index >= 15 is 0 Å². The van der Waals surface area contributed by atoms with E-state index in [1.165, 1.54) is 42.6 Å². The second-order valence-corrected chi connectivity index (χ2v) is 9.68. The van der Waals surface area contributed by atoms with Crippen LogP contribution in [-0.4, -0.2) is 69.8 Å². The Balaban J connectivity index is 1.34. The van der Waals surface area contributed by atoms with E-state index in [1.54, 1.807) is 7.11 Å². The van der Waals surface area contributed by atoms with Crippen LogP contribution in [0.25, 0.3) is 0 Å². The maximum atomic E-state index is 13.5. The maximum absolute atomic E-state index is 13.5. The summed E-state index contributed by atoms with van der Waals surface area (Å²) >= 11 is 0. The number of rotatable bonds is 6. The summed E-state index contributed by atoms with van der Waals surface area (Å²) in [5, 5.41) is 3.25. The number of hydrogen-bond acceptors (Lipinski definition) is 5. The van der Waals surface area contributed by atoms with Crippen molar-refractivity contribution in [3.63, 3.8) is 0 Å². The minimum atomic E-state index is -0.230. The van der Waals surface area contributed by atoms with Crippen molar-refractivity contribution in [1.29, 1.82) is 0 Å². The molecule has 5 rings (SSSR count). The molecule has 6 nitrogen and oxygen atoms in total. The summed E-state index contributed by atoms with van der Waals surface area (Å²) in [7, 11) is 1.69. The maximum Gasteiger partial charge on any atom is 0.225 e. The highest BCUT2D eigenvalue weighted by molar-refractivity contribution is 5.82. The molecule has 3 aliphatic heterocycles. The minimum absolute atomic E-state index is 0.0494. The predicted octanol–water partition coefficient (Wildman–Crippen LogP) is 3.30. The molecule has 34 heavy (non-hydrogen) atoms. The zero-order valence-electron chi connectivity index (χ0n) is 20.0. The van der Waals surface area contributed by atoms with Gasteiger partial charge in [-0.3, -0.25) is 4.79 Å². The molecule has 0 spiro atoms. The molecule has 0 saturated carbocycles. The standard InChI is InChI=1S/C27H35FN4O2/c1-34-23-10-5-20-17-24(27(33)29-11-14-30-12-3-2-4-13-30)26-19-31(15-16-32(26)25(20)18-23)22-8-6-21(28)7-9-22/h5-10,18,24,26H,2-4,11-17,19H2,1H3,(H,29,33)/t24-,26+/m0/s1. The van der Waals surface area contributed by atoms with Gasteiger partial charge in [-0.2, -0.15) is 0 Å². The van der Waals surface area contributed by atoms with Gasteiger partial charge in [0.05, 0.1) is 19.1 Å². The fraction of sp³-hybridized carbons (Fsp3) is 0.519. The van der Waals surface area contributed by atoms with Crippen LogP contribution in [0.5, 0.6) is 5.75 Å². The van der Waals surface area contributed by atoms with Crippen molar-refractivity contribution in [1.82, 2.24) is 10.2 Å². The third-order valence-electron chi connectivity index (χ3n) is 7.63. The van der Waals surface area contributed by atoms with Gasteiger partial charge in [-0.1, -0.05) is 12.5 Å². The van der Waals surface area contributed by atoms with Crippen molar-refractivity contribution in [2.75, 3.05) is 62.7 Å². The highest BCUT2D eigenvalue weighted by Gasteiger charge is 2.41. The molecule has 1 amide bonds. The number of ether oxygens (including phenoxy) is 1. The average Bonchev–Trinajstić information content (AvgIpc) is 2.88. The zero-order valence-corrected chi connectivity index (χ0v) is 20.0. The molecule has 0 aliphatic carbocycles. The lowest BCUT2D eigenvalue weighted by Crippen LogP contribution is -2.61. The average molecular weight is 467 g/mol. The van der Waals surface area contributed by atoms with Crippen LogP contribution in [0.15, 0.2) is 42.5 Å². The number of hydrogen-bond donors (Lipinski definition) is 1. The zero-order chi connectivity index (χ0) is 23.5. The number of amides is 1. The van der Waals surface area contributed by atoms with Crippen molar-refractivity contribution < 1.29 is 13.9 Å². The van der Waals surface area contributed by atoms with Crippen molar-refractivity contribution >= 4 is 17.3 Å². The highest BCUT2D eigenvalue weighted by atomic mass is 19.1. The molecule has 1 N–H and O–H groups in total. The van der Waals surface area contributed by atoms with E-state index in [0.717, 1.165) is 50.7 Å². The molecule has 0 bridgehead atoms. The Morgan fingerprint density at radius 1 is 1.06 bits per heavy atom. The van der Waals surface area contributed by atoms with Gasteiger partial charge in [-0.25, -0.2) is 4.39 Å². The Labute approximate surface area is 201 Å². The number of anilines is 2. The molecule has 2 fully saturated rings. The lowest BCUT2D eigenvalue weighted by Gasteiger charge is -2.49. The van der Waals surface area contributed by atoms with E-state index in [0.29, 0.717) is 13.0 Å². The van der Waals surface area contributed by atoms with Gasteiger partial charge >= 0.3 is 0 Å². The Morgan fingerprint density at radius 2 is 1.85 bits per heavy atom. The number of piperidine rings is 1. The summed E-state index contributed by atoms with van der Waals surface area (Å²) in [5.74, 6) is 0.606. The summed E-state index contributed by atoms with van der Waals surface area (Å²) in [4.78, 5) is 20.6. The second-order valence-electron chi connectivity index (χ2n) is 9.68. The Hall–Kier alpha value is -2.80. The van der Waals surface area contributed by atoms with Crippen LogP contribution in [0.4, 0.5) is 15.8 Å². The first kappa shape index (κ1) is 23.0. The Kier molecular flexibility index (Phi) is 6.90. The fourth-order valence-electron chi connectivity index (χ4n) is 5.74. The molecule has 0 radical (unpaired) electrons. The number of benzene rings is 2. The van der Waals surface area contributed by atoms with Crippen LogP contribution in [0.1, 0.15) is 24.8 Å². The van der Waals surface area contributed by atoms with Gasteiger partial charge in [-0.05, 0) is 68.2 Å². The van der Waals surface area contributed by atoms with Gasteiger partial charge in [0, 0.05) is 50.2 Å². The second kappa shape index (κ2) is 10.2. The van der Waals surface area contributed by atoms with Gasteiger partial charge in [0.1, 0.15) is 11.6 Å². The molecular weight excluding hydrogens is 431 g/mol. The summed E-state index contributed by atoms with van der Waals surface area (Å²) in [6.45, 7) is 6.24. The van der Waals surface area contributed by atoms with Crippen molar-refractivity contribution in [2.45, 2.75) is 31.7 Å². The largest absolute Gasteiger partial charge is 0.497 e. The van der Waals surface area contributed by atoms with Crippen molar-refractivity contribution in [3.8, 4) is 5.75 Å². The van der Waals surface area contributed by atoms with E-state index in [4.69, 9.17) is 4.74 Å². The quantitative estimate of drug-likeness (QED) is 0.708. The van der Waals surface area contributed by atoms with Crippen LogP contribution < -0.4 is 19.9 Å². The number of fused-ring (bicyclic) bond motifs is 3.